The van der Waals surface area contributed by atoms with Crippen molar-refractivity contribution in [2.24, 2.45) is 11.7 Å². The number of pyridine rings is 1. The summed E-state index contributed by atoms with van der Waals surface area (Å²) in [6.07, 6.45) is 6.68. The lowest BCUT2D eigenvalue weighted by molar-refractivity contribution is -0.134. The lowest BCUT2D eigenvalue weighted by Gasteiger charge is -2.41. The molecule has 4 heterocycles. The molecule has 8 nitrogen and oxygen atoms in total. The van der Waals surface area contributed by atoms with Crippen molar-refractivity contribution >= 4 is 28.5 Å². The van der Waals surface area contributed by atoms with Crippen LogP contribution in [-0.4, -0.2) is 77.0 Å². The molecule has 0 spiro atoms. The Bertz CT molecular complexity index is 1230. The lowest BCUT2D eigenvalue weighted by Crippen LogP contribution is -2.55. The fourth-order valence-corrected chi connectivity index (χ4v) is 5.41. The molecule has 3 aromatic rings. The first-order valence-electron chi connectivity index (χ1n) is 12.6. The van der Waals surface area contributed by atoms with E-state index in [-0.39, 0.29) is 5.91 Å². The van der Waals surface area contributed by atoms with Gasteiger partial charge in [-0.15, -0.1) is 0 Å². The molecular formula is C27H32N6O2. The zero-order valence-corrected chi connectivity index (χ0v) is 20.0. The van der Waals surface area contributed by atoms with Gasteiger partial charge in [0.05, 0.1) is 6.54 Å². The number of amides is 2. The number of fused-ring (bicyclic) bond motifs is 1. The number of hydrogen-bond acceptors (Lipinski definition) is 5. The van der Waals surface area contributed by atoms with Crippen LogP contribution in [0.3, 0.4) is 0 Å². The minimum absolute atomic E-state index is 0.220. The number of likely N-dealkylation sites (tertiary alicyclic amines) is 1. The molecule has 1 saturated carbocycles. The minimum atomic E-state index is -0.406. The molecule has 1 aliphatic carbocycles. The minimum Gasteiger partial charge on any atom is -0.366 e. The van der Waals surface area contributed by atoms with Crippen LogP contribution in [0.5, 0.6) is 0 Å². The normalized spacial score (nSPS) is 19.2. The second-order valence-corrected chi connectivity index (χ2v) is 10.3. The Balaban J connectivity index is 0.965. The van der Waals surface area contributed by atoms with Gasteiger partial charge in [-0.3, -0.25) is 14.5 Å². The smallest absolute Gasteiger partial charge is 0.248 e. The number of anilines is 1. The molecule has 8 heteroatoms. The van der Waals surface area contributed by atoms with Gasteiger partial charge in [-0.25, -0.2) is 4.98 Å². The Hall–Kier alpha value is -3.39. The Morgan fingerprint density at radius 1 is 1.00 bits per heavy atom. The van der Waals surface area contributed by atoms with Crippen molar-refractivity contribution in [2.45, 2.75) is 25.3 Å². The molecule has 3 aliphatic rings. The van der Waals surface area contributed by atoms with Crippen LogP contribution in [0.4, 0.5) is 5.82 Å². The second-order valence-electron chi connectivity index (χ2n) is 10.3. The molecule has 1 aromatic carbocycles. The first kappa shape index (κ1) is 22.1. The standard InChI is InChI=1S/C27H32N6O2/c28-27(35)22-4-3-21-7-8-33(24(21)13-22)17-19-15-30(16-19)18-26(34)32-11-9-31(10-12-32)25-6-5-23(14-29-25)20-1-2-20/h3-8,13-14,19-20H,1-2,9-12,15-18H2,(H2,28,35). The topological polar surface area (TPSA) is 87.7 Å². The summed E-state index contributed by atoms with van der Waals surface area (Å²) in [6.45, 7) is 6.36. The SMILES string of the molecule is NC(=O)c1ccc2ccn(CC3CN(CC(=O)N4CCN(c5ccc(C6CC6)cn5)CC4)C3)c2c1. The van der Waals surface area contributed by atoms with Gasteiger partial charge in [-0.05, 0) is 54.0 Å². The summed E-state index contributed by atoms with van der Waals surface area (Å²) < 4.78 is 2.19. The van der Waals surface area contributed by atoms with E-state index in [4.69, 9.17) is 5.73 Å². The number of nitrogens with zero attached hydrogens (tertiary/aromatic N) is 5. The van der Waals surface area contributed by atoms with Crippen molar-refractivity contribution in [1.82, 2.24) is 19.4 Å². The van der Waals surface area contributed by atoms with Crippen LogP contribution >= 0.6 is 0 Å². The summed E-state index contributed by atoms with van der Waals surface area (Å²) in [5, 5.41) is 1.11. The molecule has 2 N–H and O–H groups in total. The van der Waals surface area contributed by atoms with Gasteiger partial charge in [0.2, 0.25) is 11.8 Å². The van der Waals surface area contributed by atoms with Gasteiger partial charge in [-0.2, -0.15) is 0 Å². The number of benzene rings is 1. The molecule has 2 aromatic heterocycles. The average Bonchev–Trinajstić information content (AvgIpc) is 3.63. The van der Waals surface area contributed by atoms with E-state index in [1.54, 1.807) is 6.07 Å². The van der Waals surface area contributed by atoms with E-state index in [1.807, 2.05) is 23.2 Å². The molecule has 2 amide bonds. The lowest BCUT2D eigenvalue weighted by atomic mass is 10.00. The van der Waals surface area contributed by atoms with Gasteiger partial charge in [-0.1, -0.05) is 12.1 Å². The molecule has 35 heavy (non-hydrogen) atoms. The Kier molecular flexibility index (Phi) is 5.68. The monoisotopic (exact) mass is 472 g/mol. The summed E-state index contributed by atoms with van der Waals surface area (Å²) in [6, 6.07) is 12.0. The number of piperazine rings is 1. The molecule has 0 radical (unpaired) electrons. The summed E-state index contributed by atoms with van der Waals surface area (Å²) in [7, 11) is 0. The molecule has 2 saturated heterocycles. The maximum absolute atomic E-state index is 12.9. The van der Waals surface area contributed by atoms with Crippen molar-refractivity contribution in [2.75, 3.05) is 50.7 Å². The van der Waals surface area contributed by atoms with Crippen LogP contribution in [0.1, 0.15) is 34.7 Å². The molecule has 6 rings (SSSR count). The highest BCUT2D eigenvalue weighted by atomic mass is 16.2. The van der Waals surface area contributed by atoms with Crippen LogP contribution in [-0.2, 0) is 11.3 Å². The maximum Gasteiger partial charge on any atom is 0.248 e. The summed E-state index contributed by atoms with van der Waals surface area (Å²) >= 11 is 0. The number of primary amides is 1. The fraction of sp³-hybridized carbons (Fsp3) is 0.444. The number of carbonyl (C=O) groups is 2. The van der Waals surface area contributed by atoms with E-state index in [0.29, 0.717) is 18.0 Å². The van der Waals surface area contributed by atoms with Crippen molar-refractivity contribution in [1.29, 1.82) is 0 Å². The first-order valence-corrected chi connectivity index (χ1v) is 12.6. The van der Waals surface area contributed by atoms with E-state index in [9.17, 15) is 9.59 Å². The van der Waals surface area contributed by atoms with Gasteiger partial charge in [0.25, 0.3) is 0 Å². The Morgan fingerprint density at radius 2 is 1.80 bits per heavy atom. The predicted molar refractivity (Wildman–Crippen MR) is 135 cm³/mol. The van der Waals surface area contributed by atoms with Gasteiger partial charge in [0.15, 0.2) is 0 Å². The van der Waals surface area contributed by atoms with E-state index in [0.717, 1.165) is 68.5 Å². The van der Waals surface area contributed by atoms with Crippen molar-refractivity contribution < 1.29 is 9.59 Å². The van der Waals surface area contributed by atoms with Crippen molar-refractivity contribution in [3.05, 3.63) is 59.9 Å². The zero-order chi connectivity index (χ0) is 23.9. The maximum atomic E-state index is 12.9. The van der Waals surface area contributed by atoms with Crippen LogP contribution in [0, 0.1) is 5.92 Å². The Morgan fingerprint density at radius 3 is 2.49 bits per heavy atom. The molecular weight excluding hydrogens is 440 g/mol. The molecule has 0 bridgehead atoms. The van der Waals surface area contributed by atoms with Crippen LogP contribution in [0.2, 0.25) is 0 Å². The third-order valence-corrected chi connectivity index (χ3v) is 7.68. The largest absolute Gasteiger partial charge is 0.366 e. The molecule has 2 aliphatic heterocycles. The van der Waals surface area contributed by atoms with E-state index in [1.165, 1.54) is 18.4 Å². The zero-order valence-electron chi connectivity index (χ0n) is 20.0. The molecule has 0 atom stereocenters. The van der Waals surface area contributed by atoms with Crippen LogP contribution in [0.25, 0.3) is 10.9 Å². The number of rotatable bonds is 7. The third kappa shape index (κ3) is 4.62. The van der Waals surface area contributed by atoms with E-state index >= 15 is 0 Å². The van der Waals surface area contributed by atoms with Crippen molar-refractivity contribution in [3.8, 4) is 0 Å². The molecule has 3 fully saturated rings. The summed E-state index contributed by atoms with van der Waals surface area (Å²) in [5.74, 6) is 2.06. The first-order chi connectivity index (χ1) is 17.0. The molecule has 0 unspecified atom stereocenters. The average molecular weight is 473 g/mol. The van der Waals surface area contributed by atoms with Gasteiger partial charge >= 0.3 is 0 Å². The van der Waals surface area contributed by atoms with Gasteiger partial charge in [0, 0.05) is 75.2 Å². The van der Waals surface area contributed by atoms with Gasteiger partial charge < -0.3 is 20.1 Å². The third-order valence-electron chi connectivity index (χ3n) is 7.68. The highest BCUT2D eigenvalue weighted by Crippen LogP contribution is 2.39. The Labute approximate surface area is 205 Å². The van der Waals surface area contributed by atoms with Crippen LogP contribution in [0.15, 0.2) is 48.8 Å². The van der Waals surface area contributed by atoms with E-state index < -0.39 is 5.91 Å². The van der Waals surface area contributed by atoms with Gasteiger partial charge in [0.1, 0.15) is 5.82 Å². The number of nitrogens with two attached hydrogens (primary N) is 1. The summed E-state index contributed by atoms with van der Waals surface area (Å²) in [4.78, 5) is 35.6. The van der Waals surface area contributed by atoms with Crippen LogP contribution < -0.4 is 10.6 Å². The number of aromatic nitrogens is 2. The predicted octanol–water partition coefficient (Wildman–Crippen LogP) is 2.29. The quantitative estimate of drug-likeness (QED) is 0.570. The van der Waals surface area contributed by atoms with Crippen molar-refractivity contribution in [3.63, 3.8) is 0 Å². The molecule has 182 valence electrons. The highest BCUT2D eigenvalue weighted by molar-refractivity contribution is 5.97. The summed E-state index contributed by atoms with van der Waals surface area (Å²) in [5.41, 5.74) is 8.37. The highest BCUT2D eigenvalue weighted by Gasteiger charge is 2.31. The van der Waals surface area contributed by atoms with E-state index in [2.05, 4.69) is 43.7 Å². The second kappa shape index (κ2) is 9.00. The number of hydrogen-bond donors (Lipinski definition) is 1. The fourth-order valence-electron chi connectivity index (χ4n) is 5.41. The number of carbonyl (C=O) groups excluding carboxylic acids is 2.